The maximum absolute atomic E-state index is 6.14. The molecule has 2 nitrogen and oxygen atoms in total. The normalized spacial score (nSPS) is 20.3. The molecule has 3 heteroatoms. The zero-order valence-electron chi connectivity index (χ0n) is 13.7. The fourth-order valence-corrected chi connectivity index (χ4v) is 3.45. The number of rotatable bonds is 6. The van der Waals surface area contributed by atoms with Gasteiger partial charge in [-0.05, 0) is 68.1 Å². The Morgan fingerprint density at radius 3 is 2.50 bits per heavy atom. The van der Waals surface area contributed by atoms with E-state index < -0.39 is 0 Å². The number of hydrogen-bond acceptors (Lipinski definition) is 2. The van der Waals surface area contributed by atoms with Crippen molar-refractivity contribution >= 4 is 12.4 Å². The Bertz CT molecular complexity index is 465. The molecule has 0 aromatic heterocycles. The third-order valence-electron chi connectivity index (χ3n) is 4.85. The molecular weight excluding hydrogens is 294 g/mol. The van der Waals surface area contributed by atoms with Crippen LogP contribution in [0.25, 0.3) is 0 Å². The molecule has 1 aromatic carbocycles. The van der Waals surface area contributed by atoms with E-state index in [1.165, 1.54) is 56.1 Å². The van der Waals surface area contributed by atoms with Gasteiger partial charge in [-0.3, -0.25) is 0 Å². The van der Waals surface area contributed by atoms with E-state index in [-0.39, 0.29) is 18.4 Å². The van der Waals surface area contributed by atoms with Crippen molar-refractivity contribution in [1.29, 1.82) is 0 Å². The molecule has 124 valence electrons. The van der Waals surface area contributed by atoms with Crippen LogP contribution < -0.4 is 10.5 Å². The monoisotopic (exact) mass is 323 g/mol. The topological polar surface area (TPSA) is 35.2 Å². The van der Waals surface area contributed by atoms with Crippen molar-refractivity contribution in [2.24, 2.45) is 11.7 Å². The Morgan fingerprint density at radius 1 is 1.14 bits per heavy atom. The molecule has 0 saturated heterocycles. The van der Waals surface area contributed by atoms with Gasteiger partial charge in [0.15, 0.2) is 0 Å². The first-order chi connectivity index (χ1) is 10.2. The molecular formula is C19H30ClNO. The summed E-state index contributed by atoms with van der Waals surface area (Å²) in [4.78, 5) is 0. The largest absolute Gasteiger partial charge is 0.493 e. The Kier molecular flexibility index (Phi) is 6.58. The zero-order chi connectivity index (χ0) is 14.7. The van der Waals surface area contributed by atoms with Crippen LogP contribution in [0.2, 0.25) is 0 Å². The number of benzene rings is 1. The lowest BCUT2D eigenvalue weighted by molar-refractivity contribution is 0.291. The van der Waals surface area contributed by atoms with E-state index in [2.05, 4.69) is 25.1 Å². The highest BCUT2D eigenvalue weighted by Gasteiger charge is 2.24. The molecule has 0 spiro atoms. The molecule has 2 aliphatic carbocycles. The summed E-state index contributed by atoms with van der Waals surface area (Å²) < 4.78 is 6.14. The van der Waals surface area contributed by atoms with E-state index >= 15 is 0 Å². The van der Waals surface area contributed by atoms with E-state index in [9.17, 15) is 0 Å². The Morgan fingerprint density at radius 2 is 1.86 bits per heavy atom. The smallest absolute Gasteiger partial charge is 0.122 e. The average molecular weight is 324 g/mol. The van der Waals surface area contributed by atoms with Crippen molar-refractivity contribution in [1.82, 2.24) is 0 Å². The summed E-state index contributed by atoms with van der Waals surface area (Å²) in [7, 11) is 0. The van der Waals surface area contributed by atoms with Crippen LogP contribution >= 0.6 is 12.4 Å². The van der Waals surface area contributed by atoms with Gasteiger partial charge in [-0.1, -0.05) is 31.4 Å². The summed E-state index contributed by atoms with van der Waals surface area (Å²) in [5.74, 6) is 2.65. The minimum atomic E-state index is 0. The van der Waals surface area contributed by atoms with Crippen molar-refractivity contribution in [2.45, 2.75) is 70.3 Å². The van der Waals surface area contributed by atoms with Gasteiger partial charge in [-0.15, -0.1) is 12.4 Å². The van der Waals surface area contributed by atoms with Gasteiger partial charge in [0, 0.05) is 6.04 Å². The van der Waals surface area contributed by atoms with E-state index in [4.69, 9.17) is 10.5 Å². The molecule has 0 heterocycles. The van der Waals surface area contributed by atoms with Gasteiger partial charge >= 0.3 is 0 Å². The maximum Gasteiger partial charge on any atom is 0.122 e. The molecule has 0 bridgehead atoms. The predicted molar refractivity (Wildman–Crippen MR) is 95.1 cm³/mol. The quantitative estimate of drug-likeness (QED) is 0.813. The fraction of sp³-hybridized carbons (Fsp3) is 0.684. The lowest BCUT2D eigenvalue weighted by atomic mass is 9.83. The van der Waals surface area contributed by atoms with Crippen LogP contribution in [0, 0.1) is 5.92 Å². The number of hydrogen-bond donors (Lipinski definition) is 1. The van der Waals surface area contributed by atoms with Crippen molar-refractivity contribution in [3.05, 3.63) is 29.3 Å². The van der Waals surface area contributed by atoms with Gasteiger partial charge in [0.1, 0.15) is 5.75 Å². The Hall–Kier alpha value is -0.730. The summed E-state index contributed by atoms with van der Waals surface area (Å²) in [6, 6.07) is 7.01. The van der Waals surface area contributed by atoms with Crippen LogP contribution in [0.15, 0.2) is 18.2 Å². The first-order valence-electron chi connectivity index (χ1n) is 8.73. The molecule has 0 radical (unpaired) electrons. The molecule has 2 N–H and O–H groups in total. The van der Waals surface area contributed by atoms with Gasteiger partial charge in [0.2, 0.25) is 0 Å². The molecule has 22 heavy (non-hydrogen) atoms. The van der Waals surface area contributed by atoms with E-state index in [0.29, 0.717) is 5.92 Å². The fourth-order valence-electron chi connectivity index (χ4n) is 3.45. The number of halogens is 1. The van der Waals surface area contributed by atoms with Gasteiger partial charge < -0.3 is 10.5 Å². The highest BCUT2D eigenvalue weighted by Crippen LogP contribution is 2.39. The van der Waals surface area contributed by atoms with Crippen LogP contribution in [0.5, 0.6) is 5.75 Å². The molecule has 2 fully saturated rings. The minimum absolute atomic E-state index is 0. The lowest BCUT2D eigenvalue weighted by Gasteiger charge is -2.25. The van der Waals surface area contributed by atoms with E-state index in [1.54, 1.807) is 0 Å². The standard InChI is InChI=1S/C19H29NO.ClH/c1-14(20)11-16-9-10-19(21-13-15-7-8-15)18(12-16)17-5-3-2-4-6-17;/h9-10,12,14-15,17H,2-8,11,13,20H2,1H3;1H. The summed E-state index contributed by atoms with van der Waals surface area (Å²) >= 11 is 0. The summed E-state index contributed by atoms with van der Waals surface area (Å²) in [6.45, 7) is 2.99. The van der Waals surface area contributed by atoms with Crippen molar-refractivity contribution in [3.63, 3.8) is 0 Å². The van der Waals surface area contributed by atoms with Crippen molar-refractivity contribution < 1.29 is 4.74 Å². The van der Waals surface area contributed by atoms with Crippen LogP contribution in [0.1, 0.15) is 68.9 Å². The van der Waals surface area contributed by atoms with E-state index in [0.717, 1.165) is 24.7 Å². The molecule has 1 aromatic rings. The predicted octanol–water partition coefficient (Wildman–Crippen LogP) is 4.83. The van der Waals surface area contributed by atoms with Gasteiger partial charge in [-0.25, -0.2) is 0 Å². The van der Waals surface area contributed by atoms with Crippen LogP contribution in [-0.2, 0) is 6.42 Å². The molecule has 1 atom stereocenters. The number of ether oxygens (including phenoxy) is 1. The van der Waals surface area contributed by atoms with Gasteiger partial charge in [-0.2, -0.15) is 0 Å². The second-order valence-electron chi connectivity index (χ2n) is 7.14. The highest BCUT2D eigenvalue weighted by atomic mass is 35.5. The van der Waals surface area contributed by atoms with Crippen LogP contribution in [-0.4, -0.2) is 12.6 Å². The Labute approximate surface area is 141 Å². The third kappa shape index (κ3) is 4.89. The Balaban J connectivity index is 0.00000176. The van der Waals surface area contributed by atoms with Crippen LogP contribution in [0.4, 0.5) is 0 Å². The summed E-state index contributed by atoms with van der Waals surface area (Å²) in [6.07, 6.45) is 10.4. The first kappa shape index (κ1) is 17.6. The highest BCUT2D eigenvalue weighted by molar-refractivity contribution is 5.85. The third-order valence-corrected chi connectivity index (χ3v) is 4.85. The van der Waals surface area contributed by atoms with Gasteiger partial charge in [0.25, 0.3) is 0 Å². The second kappa shape index (κ2) is 8.21. The molecule has 3 rings (SSSR count). The second-order valence-corrected chi connectivity index (χ2v) is 7.14. The summed E-state index contributed by atoms with van der Waals surface area (Å²) in [5.41, 5.74) is 8.78. The molecule has 0 aliphatic heterocycles. The minimum Gasteiger partial charge on any atom is -0.493 e. The van der Waals surface area contributed by atoms with Crippen molar-refractivity contribution in [2.75, 3.05) is 6.61 Å². The van der Waals surface area contributed by atoms with Gasteiger partial charge in [0.05, 0.1) is 6.61 Å². The lowest BCUT2D eigenvalue weighted by Crippen LogP contribution is -2.18. The van der Waals surface area contributed by atoms with Crippen molar-refractivity contribution in [3.8, 4) is 5.75 Å². The average Bonchev–Trinajstić information content (AvgIpc) is 3.30. The molecule has 2 aliphatic rings. The summed E-state index contributed by atoms with van der Waals surface area (Å²) in [5, 5.41) is 0. The number of nitrogens with two attached hydrogens (primary N) is 1. The zero-order valence-corrected chi connectivity index (χ0v) is 14.5. The van der Waals surface area contributed by atoms with E-state index in [1.807, 2.05) is 0 Å². The molecule has 1 unspecified atom stereocenters. The maximum atomic E-state index is 6.14. The van der Waals surface area contributed by atoms with Crippen LogP contribution in [0.3, 0.4) is 0 Å². The molecule has 2 saturated carbocycles. The first-order valence-corrected chi connectivity index (χ1v) is 8.73. The molecule has 0 amide bonds. The SMILES string of the molecule is CC(N)Cc1ccc(OCC2CC2)c(C2CCCCC2)c1.Cl.